The second kappa shape index (κ2) is 53.1. The number of hydrogen-bond acceptors (Lipinski definition) is 7. The minimum absolute atomic E-state index is 0.0249. The molecule has 0 aliphatic heterocycles. The van der Waals surface area contributed by atoms with Crippen molar-refractivity contribution in [2.75, 3.05) is 40.9 Å². The molecule has 426 valence electrons. The van der Waals surface area contributed by atoms with Gasteiger partial charge in [-0.3, -0.25) is 14.2 Å². The Morgan fingerprint density at radius 2 is 0.836 bits per heavy atom. The Morgan fingerprint density at radius 1 is 0.479 bits per heavy atom. The number of esters is 1. The third kappa shape index (κ3) is 54.3. The van der Waals surface area contributed by atoms with Crippen molar-refractivity contribution in [3.63, 3.8) is 0 Å². The lowest BCUT2D eigenvalue weighted by molar-refractivity contribution is -0.870. The Hall–Kier alpha value is -2.29. The molecule has 0 saturated carbocycles. The number of nitrogens with one attached hydrogen (secondary N) is 1. The summed E-state index contributed by atoms with van der Waals surface area (Å²) >= 11 is 0. The van der Waals surface area contributed by atoms with E-state index in [4.69, 9.17) is 13.8 Å². The Kier molecular flexibility index (Phi) is 51.5. The van der Waals surface area contributed by atoms with Crippen molar-refractivity contribution < 1.29 is 37.3 Å². The van der Waals surface area contributed by atoms with Crippen LogP contribution < -0.4 is 10.2 Å². The highest BCUT2D eigenvalue weighted by molar-refractivity contribution is 7.45. The van der Waals surface area contributed by atoms with E-state index < -0.39 is 26.6 Å². The number of carbonyl (C=O) groups excluding carboxylic acids is 2. The highest BCUT2D eigenvalue weighted by Crippen LogP contribution is 2.38. The molecular weight excluding hydrogens is 928 g/mol. The molecule has 1 amide bonds. The van der Waals surface area contributed by atoms with Gasteiger partial charge in [-0.15, -0.1) is 0 Å². The number of unbranched alkanes of at least 4 members (excludes halogenated alkanes) is 31. The Labute approximate surface area is 451 Å². The predicted octanol–water partition coefficient (Wildman–Crippen LogP) is 18.0. The molecule has 3 unspecified atom stereocenters. The predicted molar refractivity (Wildman–Crippen MR) is 312 cm³/mol. The molecule has 0 heterocycles. The van der Waals surface area contributed by atoms with Crippen LogP contribution in [-0.4, -0.2) is 69.4 Å². The second-order valence-electron chi connectivity index (χ2n) is 21.9. The largest absolute Gasteiger partial charge is 0.756 e. The van der Waals surface area contributed by atoms with E-state index in [2.05, 4.69) is 74.7 Å². The number of nitrogens with zero attached hydrogens (tertiary/aromatic N) is 1. The first kappa shape index (κ1) is 70.7. The molecule has 9 nitrogen and oxygen atoms in total. The Bertz CT molecular complexity index is 1440. The SMILES string of the molecule is CCCCC/C=C\C/C=C\C/C=C\C/C=C\CCCCCCCCCC(=O)NC(COP(=O)([O-])OCC[N+](C)(C)C)C(/C=C/CCCCCCCCCCCCC)OC(=O)CCCCCCCCCCCCC. The Morgan fingerprint density at radius 3 is 1.27 bits per heavy atom. The number of phosphoric ester groups is 1. The van der Waals surface area contributed by atoms with Gasteiger partial charge in [0.05, 0.1) is 33.8 Å². The van der Waals surface area contributed by atoms with E-state index in [1.807, 2.05) is 33.3 Å². The smallest absolute Gasteiger partial charge is 0.306 e. The summed E-state index contributed by atoms with van der Waals surface area (Å²) in [6, 6.07) is -0.892. The van der Waals surface area contributed by atoms with E-state index in [-0.39, 0.29) is 24.9 Å². The molecule has 0 radical (unpaired) electrons. The molecule has 0 aromatic rings. The molecule has 73 heavy (non-hydrogen) atoms. The van der Waals surface area contributed by atoms with Gasteiger partial charge in [0.15, 0.2) is 0 Å². The zero-order valence-electron chi connectivity index (χ0n) is 48.6. The number of hydrogen-bond donors (Lipinski definition) is 1. The maximum Gasteiger partial charge on any atom is 0.306 e. The molecule has 0 bridgehead atoms. The number of phosphoric acid groups is 1. The zero-order valence-corrected chi connectivity index (χ0v) is 49.5. The van der Waals surface area contributed by atoms with Crippen LogP contribution in [0.25, 0.3) is 0 Å². The highest BCUT2D eigenvalue weighted by Gasteiger charge is 2.27. The number of carbonyl (C=O) groups is 2. The van der Waals surface area contributed by atoms with Gasteiger partial charge in [-0.05, 0) is 76.7 Å². The molecule has 0 saturated heterocycles. The van der Waals surface area contributed by atoms with E-state index in [9.17, 15) is 19.0 Å². The molecule has 0 aromatic carbocycles. The molecular formula is C63H117N2O7P. The van der Waals surface area contributed by atoms with Crippen LogP contribution in [0.2, 0.25) is 0 Å². The van der Waals surface area contributed by atoms with E-state index in [0.29, 0.717) is 17.4 Å². The van der Waals surface area contributed by atoms with Gasteiger partial charge in [0.2, 0.25) is 5.91 Å². The van der Waals surface area contributed by atoms with Gasteiger partial charge in [-0.2, -0.15) is 0 Å². The minimum atomic E-state index is -4.70. The lowest BCUT2D eigenvalue weighted by Gasteiger charge is -2.30. The summed E-state index contributed by atoms with van der Waals surface area (Å²) in [6.45, 7) is 6.81. The maximum atomic E-state index is 13.5. The van der Waals surface area contributed by atoms with Crippen molar-refractivity contribution in [3.05, 3.63) is 60.8 Å². The maximum absolute atomic E-state index is 13.5. The summed E-state index contributed by atoms with van der Waals surface area (Å²) in [5.74, 6) is -0.548. The number of amides is 1. The molecule has 1 N–H and O–H groups in total. The van der Waals surface area contributed by atoms with E-state index >= 15 is 0 Å². The minimum Gasteiger partial charge on any atom is -0.756 e. The van der Waals surface area contributed by atoms with Gasteiger partial charge < -0.3 is 28.5 Å². The molecule has 0 aromatic heterocycles. The van der Waals surface area contributed by atoms with Gasteiger partial charge in [-0.1, -0.05) is 249 Å². The first-order valence-electron chi connectivity index (χ1n) is 30.6. The van der Waals surface area contributed by atoms with Crippen LogP contribution in [0.5, 0.6) is 0 Å². The van der Waals surface area contributed by atoms with E-state index in [1.54, 1.807) is 0 Å². The van der Waals surface area contributed by atoms with Crippen molar-refractivity contribution in [3.8, 4) is 0 Å². The molecule has 0 aliphatic carbocycles. The first-order valence-corrected chi connectivity index (χ1v) is 32.1. The van der Waals surface area contributed by atoms with Gasteiger partial charge in [-0.25, -0.2) is 0 Å². The van der Waals surface area contributed by atoms with Crippen LogP contribution in [0, 0.1) is 0 Å². The van der Waals surface area contributed by atoms with Crippen LogP contribution in [0.15, 0.2) is 60.8 Å². The quantitative estimate of drug-likeness (QED) is 0.0212. The highest BCUT2D eigenvalue weighted by atomic mass is 31.2. The standard InChI is InChI=1S/C63H117N2O7P/c1-7-10-13-16-19-22-25-27-28-29-30-31-32-33-34-35-36-38-41-43-46-49-52-55-62(66)64-60(59-71-73(68,69)70-58-57-65(4,5)6)61(54-51-48-45-42-40-37-26-23-20-17-14-11-8-2)72-63(67)56-53-50-47-44-39-24-21-18-15-12-9-3/h19,22,27-28,30-31,33-34,51,54,60-61H,7-18,20-21,23-26,29,32,35-50,52-53,55-59H2,1-6H3,(H-,64,66,68,69)/b22-19-,28-27-,31-30-,34-33-,54-51+. The fourth-order valence-corrected chi connectivity index (χ4v) is 9.41. The van der Waals surface area contributed by atoms with Crippen LogP contribution >= 0.6 is 7.82 Å². The number of rotatable bonds is 55. The van der Waals surface area contributed by atoms with E-state index in [1.165, 1.54) is 154 Å². The molecule has 0 fully saturated rings. The van der Waals surface area contributed by atoms with Crippen molar-refractivity contribution in [2.24, 2.45) is 0 Å². The number of quaternary nitrogens is 1. The summed E-state index contributed by atoms with van der Waals surface area (Å²) in [6.07, 6.45) is 66.1. The van der Waals surface area contributed by atoms with Gasteiger partial charge in [0.25, 0.3) is 7.82 Å². The van der Waals surface area contributed by atoms with Gasteiger partial charge >= 0.3 is 5.97 Å². The summed E-state index contributed by atoms with van der Waals surface area (Å²) in [5.41, 5.74) is 0. The third-order valence-corrected chi connectivity index (χ3v) is 14.4. The van der Waals surface area contributed by atoms with Crippen LogP contribution in [0.3, 0.4) is 0 Å². The number of ether oxygens (including phenoxy) is 1. The van der Waals surface area contributed by atoms with Crippen molar-refractivity contribution in [1.82, 2.24) is 5.32 Å². The molecule has 0 spiro atoms. The topological polar surface area (TPSA) is 114 Å². The second-order valence-corrected chi connectivity index (χ2v) is 23.3. The lowest BCUT2D eigenvalue weighted by Crippen LogP contribution is -2.47. The van der Waals surface area contributed by atoms with Crippen molar-refractivity contribution in [1.29, 1.82) is 0 Å². The summed E-state index contributed by atoms with van der Waals surface area (Å²) in [4.78, 5) is 39.9. The first-order chi connectivity index (χ1) is 35.4. The normalized spacial score (nSPS) is 14.1. The van der Waals surface area contributed by atoms with Crippen LogP contribution in [0.4, 0.5) is 0 Å². The fraction of sp³-hybridized carbons (Fsp3) is 0.810. The van der Waals surface area contributed by atoms with Gasteiger partial charge in [0.1, 0.15) is 19.3 Å². The lowest BCUT2D eigenvalue weighted by atomic mass is 10.0. The Balaban J connectivity index is 5.21. The molecule has 10 heteroatoms. The zero-order chi connectivity index (χ0) is 53.6. The van der Waals surface area contributed by atoms with Crippen LogP contribution in [-0.2, 0) is 27.9 Å². The van der Waals surface area contributed by atoms with Crippen molar-refractivity contribution >= 4 is 19.7 Å². The summed E-state index contributed by atoms with van der Waals surface area (Å²) in [5, 5.41) is 3.02. The molecule has 3 atom stereocenters. The average Bonchev–Trinajstić information content (AvgIpc) is 3.35. The van der Waals surface area contributed by atoms with Crippen LogP contribution in [0.1, 0.15) is 278 Å². The summed E-state index contributed by atoms with van der Waals surface area (Å²) < 4.78 is 30.3. The average molecular weight is 1050 g/mol. The summed E-state index contributed by atoms with van der Waals surface area (Å²) in [7, 11) is 1.18. The van der Waals surface area contributed by atoms with E-state index in [0.717, 1.165) is 89.9 Å². The fourth-order valence-electron chi connectivity index (χ4n) is 8.68. The van der Waals surface area contributed by atoms with Gasteiger partial charge in [0, 0.05) is 12.8 Å². The van der Waals surface area contributed by atoms with Crippen molar-refractivity contribution in [2.45, 2.75) is 290 Å². The monoisotopic (exact) mass is 1040 g/mol. The number of likely N-dealkylation sites (N-methyl/N-ethyl adjacent to an activating group) is 1. The molecule has 0 rings (SSSR count). The number of allylic oxidation sites excluding steroid dienone is 9. The molecule has 0 aliphatic rings. The third-order valence-electron chi connectivity index (χ3n) is 13.5.